The van der Waals surface area contributed by atoms with Crippen molar-refractivity contribution in [2.45, 2.75) is 39.3 Å². The van der Waals surface area contributed by atoms with E-state index in [1.807, 2.05) is 26.8 Å². The number of carbonyl (C=O) groups excluding carboxylic acids is 1. The molecule has 0 aliphatic carbocycles. The van der Waals surface area contributed by atoms with E-state index in [-0.39, 0.29) is 6.09 Å². The van der Waals surface area contributed by atoms with Crippen LogP contribution in [0, 0.1) is 0 Å². The molecule has 0 radical (unpaired) electrons. The highest BCUT2D eigenvalue weighted by Crippen LogP contribution is 2.21. The molecule has 1 aliphatic heterocycles. The molecule has 2 rings (SSSR count). The topological polar surface area (TPSA) is 68.5 Å². The highest BCUT2D eigenvalue weighted by atomic mass is 16.6. The Morgan fingerprint density at radius 1 is 1.44 bits per heavy atom. The predicted molar refractivity (Wildman–Crippen MR) is 69.0 cm³/mol. The fourth-order valence-corrected chi connectivity index (χ4v) is 1.94. The molecule has 0 saturated heterocycles. The average Bonchev–Trinajstić information content (AvgIpc) is 2.26. The van der Waals surface area contributed by atoms with Crippen molar-refractivity contribution in [1.29, 1.82) is 0 Å². The van der Waals surface area contributed by atoms with Gasteiger partial charge in [-0.2, -0.15) is 0 Å². The molecule has 1 aromatic rings. The first-order chi connectivity index (χ1) is 8.35. The van der Waals surface area contributed by atoms with Crippen molar-refractivity contribution in [2.24, 2.45) is 0 Å². The van der Waals surface area contributed by atoms with E-state index in [9.17, 15) is 4.79 Å². The number of anilines is 1. The van der Waals surface area contributed by atoms with Gasteiger partial charge in [0.25, 0.3) is 0 Å². The first kappa shape index (κ1) is 12.7. The molecule has 0 bridgehead atoms. The second kappa shape index (κ2) is 4.48. The summed E-state index contributed by atoms with van der Waals surface area (Å²) in [4.78, 5) is 17.7. The van der Waals surface area contributed by atoms with Gasteiger partial charge in [0.15, 0.2) is 0 Å². The van der Waals surface area contributed by atoms with Crippen LogP contribution >= 0.6 is 0 Å². The Hall–Kier alpha value is -1.78. The molecule has 0 aromatic carbocycles. The van der Waals surface area contributed by atoms with Crippen molar-refractivity contribution < 1.29 is 9.53 Å². The van der Waals surface area contributed by atoms with E-state index in [2.05, 4.69) is 4.98 Å². The number of hydrogen-bond acceptors (Lipinski definition) is 4. The van der Waals surface area contributed by atoms with Crippen LogP contribution in [0.25, 0.3) is 0 Å². The lowest BCUT2D eigenvalue weighted by molar-refractivity contribution is 0.0224. The Kier molecular flexibility index (Phi) is 3.15. The Balaban J connectivity index is 2.08. The first-order valence-corrected chi connectivity index (χ1v) is 6.06. The quantitative estimate of drug-likeness (QED) is 0.763. The summed E-state index contributed by atoms with van der Waals surface area (Å²) in [6.07, 6.45) is 2.26. The van der Waals surface area contributed by atoms with Crippen LogP contribution in [0.15, 0.2) is 12.3 Å². The van der Waals surface area contributed by atoms with E-state index >= 15 is 0 Å². The third-order valence-electron chi connectivity index (χ3n) is 2.77. The van der Waals surface area contributed by atoms with Crippen molar-refractivity contribution in [3.05, 3.63) is 23.4 Å². The maximum Gasteiger partial charge on any atom is 0.410 e. The zero-order chi connectivity index (χ0) is 13.3. The number of rotatable bonds is 0. The fraction of sp³-hybridized carbons (Fsp3) is 0.538. The van der Waals surface area contributed by atoms with E-state index in [1.165, 1.54) is 5.56 Å². The number of nitrogens with zero attached hydrogens (tertiary/aromatic N) is 2. The van der Waals surface area contributed by atoms with Crippen LogP contribution in [0.4, 0.5) is 10.6 Å². The normalized spacial score (nSPS) is 15.2. The minimum atomic E-state index is -0.462. The largest absolute Gasteiger partial charge is 0.444 e. The van der Waals surface area contributed by atoms with Crippen LogP contribution in [0.5, 0.6) is 0 Å². The van der Waals surface area contributed by atoms with E-state index in [1.54, 1.807) is 11.1 Å². The van der Waals surface area contributed by atoms with E-state index in [0.717, 1.165) is 12.0 Å². The minimum absolute atomic E-state index is 0.273. The molecular weight excluding hydrogens is 230 g/mol. The smallest absolute Gasteiger partial charge is 0.410 e. The molecule has 2 heterocycles. The van der Waals surface area contributed by atoms with E-state index in [0.29, 0.717) is 18.9 Å². The number of amides is 1. The van der Waals surface area contributed by atoms with Gasteiger partial charge >= 0.3 is 6.09 Å². The molecular formula is C13H19N3O2. The van der Waals surface area contributed by atoms with Gasteiger partial charge in [-0.25, -0.2) is 9.78 Å². The zero-order valence-electron chi connectivity index (χ0n) is 11.1. The fourth-order valence-electron chi connectivity index (χ4n) is 1.94. The highest BCUT2D eigenvalue weighted by Gasteiger charge is 2.25. The van der Waals surface area contributed by atoms with Crippen LogP contribution in [0.2, 0.25) is 0 Å². The van der Waals surface area contributed by atoms with Crippen molar-refractivity contribution >= 4 is 11.9 Å². The maximum atomic E-state index is 11.9. The van der Waals surface area contributed by atoms with Gasteiger partial charge in [-0.1, -0.05) is 0 Å². The summed E-state index contributed by atoms with van der Waals surface area (Å²) in [5.41, 5.74) is 7.39. The molecule has 2 N–H and O–H groups in total. The third-order valence-corrected chi connectivity index (χ3v) is 2.77. The lowest BCUT2D eigenvalue weighted by Gasteiger charge is -2.31. The van der Waals surface area contributed by atoms with Gasteiger partial charge < -0.3 is 15.4 Å². The Morgan fingerprint density at radius 3 is 2.83 bits per heavy atom. The van der Waals surface area contributed by atoms with Crippen molar-refractivity contribution in [3.8, 4) is 0 Å². The zero-order valence-corrected chi connectivity index (χ0v) is 11.1. The van der Waals surface area contributed by atoms with Crippen molar-refractivity contribution in [2.75, 3.05) is 12.3 Å². The molecule has 5 nitrogen and oxygen atoms in total. The Bertz CT molecular complexity index is 466. The summed E-state index contributed by atoms with van der Waals surface area (Å²) in [6, 6.07) is 1.88. The minimum Gasteiger partial charge on any atom is -0.444 e. The second-order valence-corrected chi connectivity index (χ2v) is 5.53. The monoisotopic (exact) mass is 249 g/mol. The lowest BCUT2D eigenvalue weighted by Crippen LogP contribution is -2.39. The van der Waals surface area contributed by atoms with Gasteiger partial charge in [-0.3, -0.25) is 0 Å². The number of fused-ring (bicyclic) bond motifs is 1. The van der Waals surface area contributed by atoms with Gasteiger partial charge in [-0.05, 0) is 44.4 Å². The molecule has 0 atom stereocenters. The molecule has 0 spiro atoms. The molecule has 5 heteroatoms. The molecule has 0 fully saturated rings. The number of ether oxygens (including phenoxy) is 1. The standard InChI is InChI=1S/C13H19N3O2/c1-13(2,3)18-12(17)16-5-4-9-6-11(14)15-7-10(9)8-16/h6-7H,4-5,8H2,1-3H3,(H2,14,15). The number of nitrogens with two attached hydrogens (primary N) is 1. The molecule has 0 saturated carbocycles. The van der Waals surface area contributed by atoms with Gasteiger partial charge in [-0.15, -0.1) is 0 Å². The molecule has 1 aliphatic rings. The van der Waals surface area contributed by atoms with Crippen LogP contribution in [-0.4, -0.2) is 28.1 Å². The van der Waals surface area contributed by atoms with Gasteiger partial charge in [0.2, 0.25) is 0 Å². The highest BCUT2D eigenvalue weighted by molar-refractivity contribution is 5.68. The summed E-state index contributed by atoms with van der Waals surface area (Å²) in [5.74, 6) is 0.527. The summed E-state index contributed by atoms with van der Waals surface area (Å²) < 4.78 is 5.36. The summed E-state index contributed by atoms with van der Waals surface area (Å²) in [7, 11) is 0. The van der Waals surface area contributed by atoms with Gasteiger partial charge in [0, 0.05) is 12.7 Å². The molecule has 18 heavy (non-hydrogen) atoms. The number of hydrogen-bond donors (Lipinski definition) is 1. The van der Waals surface area contributed by atoms with Crippen molar-refractivity contribution in [1.82, 2.24) is 9.88 Å². The SMILES string of the molecule is CC(C)(C)OC(=O)N1CCc2cc(N)ncc2C1. The van der Waals surface area contributed by atoms with Crippen LogP contribution in [0.1, 0.15) is 31.9 Å². The Labute approximate surface area is 107 Å². The van der Waals surface area contributed by atoms with E-state index in [4.69, 9.17) is 10.5 Å². The molecule has 1 aromatic heterocycles. The van der Waals surface area contributed by atoms with Crippen LogP contribution in [0.3, 0.4) is 0 Å². The van der Waals surface area contributed by atoms with Gasteiger partial charge in [0.05, 0.1) is 6.54 Å². The molecule has 0 unspecified atom stereocenters. The van der Waals surface area contributed by atoms with Gasteiger partial charge in [0.1, 0.15) is 11.4 Å². The van der Waals surface area contributed by atoms with Crippen LogP contribution in [-0.2, 0) is 17.7 Å². The molecule has 98 valence electrons. The molecule has 1 amide bonds. The number of carbonyl (C=O) groups is 1. The number of pyridine rings is 1. The summed E-state index contributed by atoms with van der Waals surface area (Å²) in [5, 5.41) is 0. The second-order valence-electron chi connectivity index (χ2n) is 5.53. The third kappa shape index (κ3) is 2.91. The Morgan fingerprint density at radius 2 is 2.17 bits per heavy atom. The summed E-state index contributed by atoms with van der Waals surface area (Å²) >= 11 is 0. The van der Waals surface area contributed by atoms with Crippen LogP contribution < -0.4 is 5.73 Å². The number of nitrogen functional groups attached to an aromatic ring is 1. The number of aromatic nitrogens is 1. The van der Waals surface area contributed by atoms with Crippen molar-refractivity contribution in [3.63, 3.8) is 0 Å². The lowest BCUT2D eigenvalue weighted by atomic mass is 10.0. The first-order valence-electron chi connectivity index (χ1n) is 6.06. The summed E-state index contributed by atoms with van der Waals surface area (Å²) in [6.45, 7) is 6.80. The van der Waals surface area contributed by atoms with E-state index < -0.39 is 5.60 Å². The average molecular weight is 249 g/mol. The predicted octanol–water partition coefficient (Wildman–Crippen LogP) is 1.96. The maximum absolute atomic E-state index is 11.9.